The summed E-state index contributed by atoms with van der Waals surface area (Å²) in [4.78, 5) is 51.2. The van der Waals surface area contributed by atoms with Crippen LogP contribution < -0.4 is 0 Å². The summed E-state index contributed by atoms with van der Waals surface area (Å²) in [7, 11) is 0. The molecule has 1 aliphatic rings. The molecule has 0 aromatic rings. The Bertz CT molecular complexity index is 1570. The maximum atomic E-state index is 13.1. The lowest BCUT2D eigenvalue weighted by Gasteiger charge is -2.40. The lowest BCUT2D eigenvalue weighted by molar-refractivity contribution is -0.301. The molecule has 1 aliphatic heterocycles. The van der Waals surface area contributed by atoms with Crippen molar-refractivity contribution < 1.29 is 58.2 Å². The lowest BCUT2D eigenvalue weighted by atomic mass is 9.98. The second kappa shape index (κ2) is 53.1. The first kappa shape index (κ1) is 71.4. The van der Waals surface area contributed by atoms with E-state index in [1.807, 2.05) is 0 Å². The number of aliphatic hydroxyl groups is 2. The monoisotopic (exact) mass is 1080 g/mol. The molecule has 1 saturated heterocycles. The Hall–Kier alpha value is -3.58. The molecular weight excluding hydrogens is 973 g/mol. The second-order valence-corrected chi connectivity index (χ2v) is 21.3. The average Bonchev–Trinajstić information content (AvgIpc) is 3.42. The van der Waals surface area contributed by atoms with Crippen molar-refractivity contribution in [3.05, 3.63) is 60.8 Å². The van der Waals surface area contributed by atoms with E-state index in [0.29, 0.717) is 19.3 Å². The molecule has 444 valence electrons. The second-order valence-electron chi connectivity index (χ2n) is 21.3. The number of aliphatic carboxylic acids is 1. The van der Waals surface area contributed by atoms with Crippen molar-refractivity contribution in [2.45, 2.75) is 314 Å². The van der Waals surface area contributed by atoms with Crippen LogP contribution in [0.5, 0.6) is 0 Å². The molecule has 1 heterocycles. The maximum Gasteiger partial charge on any atom is 0.335 e. The van der Waals surface area contributed by atoms with Crippen LogP contribution in [0.2, 0.25) is 0 Å². The van der Waals surface area contributed by atoms with Gasteiger partial charge in [-0.15, -0.1) is 0 Å². The highest BCUT2D eigenvalue weighted by atomic mass is 16.7. The number of hydrogen-bond acceptors (Lipinski definition) is 11. The van der Waals surface area contributed by atoms with Crippen molar-refractivity contribution >= 4 is 23.9 Å². The molecule has 0 aromatic heterocycles. The summed E-state index contributed by atoms with van der Waals surface area (Å²) in [5.41, 5.74) is 0. The highest BCUT2D eigenvalue weighted by Crippen LogP contribution is 2.26. The molecular formula is C65H112O12. The van der Waals surface area contributed by atoms with E-state index >= 15 is 0 Å². The van der Waals surface area contributed by atoms with E-state index in [2.05, 4.69) is 81.5 Å². The summed E-state index contributed by atoms with van der Waals surface area (Å²) in [5.74, 6) is -3.16. The first-order chi connectivity index (χ1) is 37.6. The number of carboxylic acid groups (broad SMARTS) is 1. The third-order valence-electron chi connectivity index (χ3n) is 14.0. The highest BCUT2D eigenvalue weighted by molar-refractivity contribution is 5.74. The van der Waals surface area contributed by atoms with Gasteiger partial charge in [0.1, 0.15) is 18.8 Å². The number of esters is 3. The van der Waals surface area contributed by atoms with Gasteiger partial charge in [-0.05, 0) is 103 Å². The predicted octanol–water partition coefficient (Wildman–Crippen LogP) is 16.3. The highest BCUT2D eigenvalue weighted by Gasteiger charge is 2.50. The molecule has 0 aromatic carbocycles. The minimum absolute atomic E-state index is 0.0517. The molecule has 12 nitrogen and oxygen atoms in total. The first-order valence-electron chi connectivity index (χ1n) is 31.3. The Labute approximate surface area is 468 Å². The molecule has 0 radical (unpaired) electrons. The Balaban J connectivity index is 2.67. The van der Waals surface area contributed by atoms with Crippen LogP contribution in [0, 0.1) is 0 Å². The molecule has 77 heavy (non-hydrogen) atoms. The number of carboxylic acids is 1. The van der Waals surface area contributed by atoms with Gasteiger partial charge in [0.15, 0.2) is 24.6 Å². The average molecular weight is 1090 g/mol. The summed E-state index contributed by atoms with van der Waals surface area (Å²) in [6.45, 7) is 5.86. The van der Waals surface area contributed by atoms with Gasteiger partial charge >= 0.3 is 23.9 Å². The fourth-order valence-corrected chi connectivity index (χ4v) is 9.25. The number of hydrogen-bond donors (Lipinski definition) is 3. The van der Waals surface area contributed by atoms with Crippen LogP contribution in [-0.2, 0) is 42.9 Å². The van der Waals surface area contributed by atoms with Gasteiger partial charge in [-0.2, -0.15) is 0 Å². The number of ether oxygens (including phenoxy) is 5. The molecule has 1 rings (SSSR count). The zero-order valence-corrected chi connectivity index (χ0v) is 49.0. The lowest BCUT2D eigenvalue weighted by Crippen LogP contribution is -2.61. The Morgan fingerprint density at radius 1 is 0.442 bits per heavy atom. The fourth-order valence-electron chi connectivity index (χ4n) is 9.25. The van der Waals surface area contributed by atoms with E-state index < -0.39 is 67.3 Å². The zero-order valence-electron chi connectivity index (χ0n) is 49.0. The number of unbranched alkanes of at least 4 members (excludes halogenated alkanes) is 29. The predicted molar refractivity (Wildman–Crippen MR) is 312 cm³/mol. The van der Waals surface area contributed by atoms with Gasteiger partial charge in [-0.3, -0.25) is 14.4 Å². The SMILES string of the molecule is CC/C=C\C/C=C\C/C=C\CCCCCC(=O)OC(COC(=O)CCCCCCCCC/C=C\CCCCCCCC)COC1OC(C(=O)O)C(O)C(O)C1OC(=O)CCCCCCCCC/C=C\CCCCCCCC. The van der Waals surface area contributed by atoms with Crippen LogP contribution in [0.3, 0.4) is 0 Å². The van der Waals surface area contributed by atoms with Gasteiger partial charge in [-0.25, -0.2) is 4.79 Å². The summed E-state index contributed by atoms with van der Waals surface area (Å²) in [6.07, 6.45) is 53.3. The molecule has 0 saturated carbocycles. The van der Waals surface area contributed by atoms with E-state index in [0.717, 1.165) is 96.3 Å². The Kier molecular flexibility index (Phi) is 49.2. The quantitative estimate of drug-likeness (QED) is 0.0228. The number of carbonyl (C=O) groups is 4. The smallest absolute Gasteiger partial charge is 0.335 e. The van der Waals surface area contributed by atoms with Crippen LogP contribution in [0.15, 0.2) is 60.8 Å². The van der Waals surface area contributed by atoms with Gasteiger partial charge < -0.3 is 39.0 Å². The number of carbonyl (C=O) groups excluding carboxylic acids is 3. The summed E-state index contributed by atoms with van der Waals surface area (Å²) >= 11 is 0. The van der Waals surface area contributed by atoms with Crippen molar-refractivity contribution in [1.82, 2.24) is 0 Å². The van der Waals surface area contributed by atoms with Crippen LogP contribution >= 0.6 is 0 Å². The molecule has 0 aliphatic carbocycles. The summed E-state index contributed by atoms with van der Waals surface area (Å²) in [5, 5.41) is 31.5. The molecule has 3 N–H and O–H groups in total. The maximum absolute atomic E-state index is 13.1. The number of aliphatic hydroxyl groups excluding tert-OH is 2. The van der Waals surface area contributed by atoms with Crippen LogP contribution in [-0.4, -0.2) is 89.2 Å². The van der Waals surface area contributed by atoms with Gasteiger partial charge in [0.2, 0.25) is 0 Å². The van der Waals surface area contributed by atoms with Crippen LogP contribution in [0.1, 0.15) is 278 Å². The van der Waals surface area contributed by atoms with Gasteiger partial charge in [0, 0.05) is 19.3 Å². The van der Waals surface area contributed by atoms with Crippen molar-refractivity contribution in [3.8, 4) is 0 Å². The molecule has 12 heteroatoms. The largest absolute Gasteiger partial charge is 0.479 e. The van der Waals surface area contributed by atoms with E-state index in [1.54, 1.807) is 0 Å². The van der Waals surface area contributed by atoms with Crippen molar-refractivity contribution in [2.24, 2.45) is 0 Å². The van der Waals surface area contributed by atoms with Gasteiger partial charge in [0.05, 0.1) is 6.61 Å². The molecule has 6 unspecified atom stereocenters. The Morgan fingerprint density at radius 3 is 1.27 bits per heavy atom. The van der Waals surface area contributed by atoms with Crippen molar-refractivity contribution in [1.29, 1.82) is 0 Å². The first-order valence-corrected chi connectivity index (χ1v) is 31.3. The Morgan fingerprint density at radius 2 is 0.818 bits per heavy atom. The standard InChI is InChI=1S/C65H112O12/c1-4-7-10-13-16-19-22-25-27-29-31-34-36-39-42-45-48-51-57(66)73-54-56(75-58(67)52-49-46-43-40-37-33-24-21-18-15-12-9-6-3)55-74-65-63(61(70)60(69)62(77-65)64(71)72)76-59(68)53-50-47-44-41-38-35-32-30-28-26-23-20-17-14-11-8-5-2/h9,12,18,21,25-28,33,37,56,60-63,65,69-70H,4-8,10-11,13-17,19-20,22-24,29-32,34-36,38-55H2,1-3H3,(H,71,72)/b12-9-,21-18-,27-25-,28-26-,37-33-. The van der Waals surface area contributed by atoms with Crippen LogP contribution in [0.25, 0.3) is 0 Å². The minimum atomic E-state index is -1.91. The number of allylic oxidation sites excluding steroid dienone is 10. The minimum Gasteiger partial charge on any atom is -0.479 e. The molecule has 0 spiro atoms. The normalized spacial score (nSPS) is 18.4. The zero-order chi connectivity index (χ0) is 56.1. The third kappa shape index (κ3) is 43.0. The molecule has 0 bridgehead atoms. The van der Waals surface area contributed by atoms with Gasteiger partial charge in [0.25, 0.3) is 0 Å². The fraction of sp³-hybridized carbons (Fsp3) is 0.785. The van der Waals surface area contributed by atoms with E-state index in [9.17, 15) is 34.5 Å². The van der Waals surface area contributed by atoms with E-state index in [1.165, 1.54) is 122 Å². The van der Waals surface area contributed by atoms with E-state index in [-0.39, 0.29) is 25.9 Å². The third-order valence-corrected chi connectivity index (χ3v) is 14.0. The van der Waals surface area contributed by atoms with Gasteiger partial charge in [-0.1, -0.05) is 216 Å². The van der Waals surface area contributed by atoms with Crippen LogP contribution in [0.4, 0.5) is 0 Å². The number of rotatable bonds is 53. The molecule has 1 fully saturated rings. The van der Waals surface area contributed by atoms with E-state index in [4.69, 9.17) is 23.7 Å². The van der Waals surface area contributed by atoms with Crippen molar-refractivity contribution in [3.63, 3.8) is 0 Å². The topological polar surface area (TPSA) is 175 Å². The molecule has 6 atom stereocenters. The van der Waals surface area contributed by atoms with Crippen molar-refractivity contribution in [2.75, 3.05) is 13.2 Å². The summed E-state index contributed by atoms with van der Waals surface area (Å²) < 4.78 is 28.4. The molecule has 0 amide bonds. The summed E-state index contributed by atoms with van der Waals surface area (Å²) in [6, 6.07) is 0.